The average Bonchev–Trinajstić information content (AvgIpc) is 3.41. The summed E-state index contributed by atoms with van der Waals surface area (Å²) in [7, 11) is 0. The van der Waals surface area contributed by atoms with Gasteiger partial charge in [0.2, 0.25) is 5.91 Å². The van der Waals surface area contributed by atoms with Crippen molar-refractivity contribution in [1.82, 2.24) is 10.2 Å². The average molecular weight is 397 g/mol. The molecule has 1 aliphatic heterocycles. The molecule has 2 heterocycles. The molecule has 5 heteroatoms. The molecule has 1 unspecified atom stereocenters. The van der Waals surface area contributed by atoms with E-state index in [1.54, 1.807) is 6.26 Å². The fraction of sp³-hybridized carbons (Fsp3) is 0.500. The minimum Gasteiger partial charge on any atom is -0.468 e. The van der Waals surface area contributed by atoms with E-state index in [0.29, 0.717) is 18.0 Å². The SMILES string of the molecule is CC(C)Cc1ccc(C(=O)CCC(=O)NCC(c2ccco2)N2CCCC2)cc1. The van der Waals surface area contributed by atoms with E-state index in [0.717, 1.165) is 25.3 Å². The van der Waals surface area contributed by atoms with Crippen LogP contribution in [0.1, 0.15) is 67.3 Å². The molecule has 3 rings (SSSR count). The van der Waals surface area contributed by atoms with Crippen molar-refractivity contribution < 1.29 is 14.0 Å². The molecule has 156 valence electrons. The van der Waals surface area contributed by atoms with Crippen molar-refractivity contribution in [2.24, 2.45) is 5.92 Å². The highest BCUT2D eigenvalue weighted by atomic mass is 16.3. The first-order chi connectivity index (χ1) is 14.0. The summed E-state index contributed by atoms with van der Waals surface area (Å²) in [4.78, 5) is 27.1. The molecule has 1 aliphatic rings. The lowest BCUT2D eigenvalue weighted by atomic mass is 9.99. The Bertz CT molecular complexity index is 775. The quantitative estimate of drug-likeness (QED) is 0.605. The van der Waals surface area contributed by atoms with E-state index in [2.05, 4.69) is 24.1 Å². The molecule has 1 aromatic heterocycles. The Labute approximate surface area is 173 Å². The molecule has 0 aliphatic carbocycles. The van der Waals surface area contributed by atoms with Crippen LogP contribution in [0.15, 0.2) is 47.1 Å². The van der Waals surface area contributed by atoms with Crippen LogP contribution in [0.4, 0.5) is 0 Å². The topological polar surface area (TPSA) is 62.6 Å². The van der Waals surface area contributed by atoms with Crippen LogP contribution in [0.25, 0.3) is 0 Å². The molecule has 1 amide bonds. The first-order valence-electron chi connectivity index (χ1n) is 10.7. The second kappa shape index (κ2) is 10.4. The van der Waals surface area contributed by atoms with Gasteiger partial charge in [-0.25, -0.2) is 0 Å². The van der Waals surface area contributed by atoms with Gasteiger partial charge in [0, 0.05) is 24.9 Å². The Hall–Kier alpha value is -2.40. The van der Waals surface area contributed by atoms with Gasteiger partial charge >= 0.3 is 0 Å². The van der Waals surface area contributed by atoms with E-state index in [1.807, 2.05) is 36.4 Å². The predicted octanol–water partition coefficient (Wildman–Crippen LogP) is 4.39. The maximum Gasteiger partial charge on any atom is 0.220 e. The van der Waals surface area contributed by atoms with Gasteiger partial charge in [0.05, 0.1) is 12.3 Å². The number of Topliss-reactive ketones (excluding diaryl/α,β-unsaturated/α-hetero) is 1. The number of ketones is 1. The number of furan rings is 1. The van der Waals surface area contributed by atoms with Crippen LogP contribution in [0.5, 0.6) is 0 Å². The molecule has 0 saturated carbocycles. The number of rotatable bonds is 10. The van der Waals surface area contributed by atoms with Crippen LogP contribution < -0.4 is 5.32 Å². The molecule has 2 aromatic rings. The summed E-state index contributed by atoms with van der Waals surface area (Å²) in [6.07, 6.45) is 5.46. The van der Waals surface area contributed by atoms with Gasteiger partial charge in [-0.15, -0.1) is 0 Å². The van der Waals surface area contributed by atoms with Crippen molar-refractivity contribution in [2.75, 3.05) is 19.6 Å². The zero-order chi connectivity index (χ0) is 20.6. The molecule has 5 nitrogen and oxygen atoms in total. The third kappa shape index (κ3) is 6.29. The lowest BCUT2D eigenvalue weighted by Gasteiger charge is -2.26. The van der Waals surface area contributed by atoms with Gasteiger partial charge in [-0.1, -0.05) is 38.1 Å². The van der Waals surface area contributed by atoms with Gasteiger partial charge in [0.15, 0.2) is 5.78 Å². The largest absolute Gasteiger partial charge is 0.468 e. The molecule has 0 spiro atoms. The Morgan fingerprint density at radius 2 is 1.79 bits per heavy atom. The molecule has 0 radical (unpaired) electrons. The fourth-order valence-electron chi connectivity index (χ4n) is 3.91. The van der Waals surface area contributed by atoms with Gasteiger partial charge in [0.1, 0.15) is 5.76 Å². The summed E-state index contributed by atoms with van der Waals surface area (Å²) < 4.78 is 5.58. The minimum absolute atomic E-state index is 0.0124. The van der Waals surface area contributed by atoms with Crippen LogP contribution in [0.2, 0.25) is 0 Å². The van der Waals surface area contributed by atoms with Crippen molar-refractivity contribution >= 4 is 11.7 Å². The van der Waals surface area contributed by atoms with Crippen LogP contribution in [0, 0.1) is 5.92 Å². The molecule has 29 heavy (non-hydrogen) atoms. The number of nitrogens with one attached hydrogen (secondary N) is 1. The number of carbonyl (C=O) groups is 2. The van der Waals surface area contributed by atoms with Gasteiger partial charge in [0.25, 0.3) is 0 Å². The van der Waals surface area contributed by atoms with Crippen molar-refractivity contribution in [2.45, 2.75) is 52.0 Å². The predicted molar refractivity (Wildman–Crippen MR) is 114 cm³/mol. The Balaban J connectivity index is 1.46. The normalized spacial score (nSPS) is 15.6. The summed E-state index contributed by atoms with van der Waals surface area (Å²) in [5.74, 6) is 1.39. The molecule has 1 aromatic carbocycles. The number of benzene rings is 1. The Kier molecular flexibility index (Phi) is 7.64. The van der Waals surface area contributed by atoms with Crippen LogP contribution in [-0.2, 0) is 11.2 Å². The third-order valence-corrected chi connectivity index (χ3v) is 5.44. The van der Waals surface area contributed by atoms with Crippen LogP contribution in [0.3, 0.4) is 0 Å². The van der Waals surface area contributed by atoms with Gasteiger partial charge in [-0.3, -0.25) is 14.5 Å². The molecule has 1 N–H and O–H groups in total. The highest BCUT2D eigenvalue weighted by molar-refractivity contribution is 5.97. The molecule has 1 atom stereocenters. The highest BCUT2D eigenvalue weighted by Crippen LogP contribution is 2.25. The van der Waals surface area contributed by atoms with Gasteiger partial charge < -0.3 is 9.73 Å². The Morgan fingerprint density at radius 3 is 2.41 bits per heavy atom. The summed E-state index contributed by atoms with van der Waals surface area (Å²) in [6, 6.07) is 11.7. The van der Waals surface area contributed by atoms with Crippen LogP contribution >= 0.6 is 0 Å². The van der Waals surface area contributed by atoms with E-state index in [1.165, 1.54) is 18.4 Å². The monoisotopic (exact) mass is 396 g/mol. The first kappa shape index (κ1) is 21.3. The molecule has 1 saturated heterocycles. The maximum atomic E-state index is 12.4. The Morgan fingerprint density at radius 1 is 1.07 bits per heavy atom. The van der Waals surface area contributed by atoms with E-state index in [-0.39, 0.29) is 30.6 Å². The summed E-state index contributed by atoms with van der Waals surface area (Å²) in [5.41, 5.74) is 1.91. The number of hydrogen-bond acceptors (Lipinski definition) is 4. The fourth-order valence-corrected chi connectivity index (χ4v) is 3.91. The van der Waals surface area contributed by atoms with Gasteiger partial charge in [-0.2, -0.15) is 0 Å². The maximum absolute atomic E-state index is 12.4. The number of hydrogen-bond donors (Lipinski definition) is 1. The number of nitrogens with zero attached hydrogens (tertiary/aromatic N) is 1. The number of likely N-dealkylation sites (tertiary alicyclic amines) is 1. The van der Waals surface area contributed by atoms with E-state index >= 15 is 0 Å². The van der Waals surface area contributed by atoms with E-state index in [4.69, 9.17) is 4.42 Å². The van der Waals surface area contributed by atoms with Crippen LogP contribution in [-0.4, -0.2) is 36.2 Å². The summed E-state index contributed by atoms with van der Waals surface area (Å²) in [6.45, 7) is 6.90. The zero-order valence-corrected chi connectivity index (χ0v) is 17.5. The number of amides is 1. The molecular weight excluding hydrogens is 364 g/mol. The number of carbonyl (C=O) groups excluding carboxylic acids is 2. The lowest BCUT2D eigenvalue weighted by molar-refractivity contribution is -0.121. The second-order valence-electron chi connectivity index (χ2n) is 8.30. The summed E-state index contributed by atoms with van der Waals surface area (Å²) in [5, 5.41) is 2.99. The zero-order valence-electron chi connectivity index (χ0n) is 17.5. The molecule has 0 bridgehead atoms. The third-order valence-electron chi connectivity index (χ3n) is 5.44. The van der Waals surface area contributed by atoms with Gasteiger partial charge in [-0.05, 0) is 56.0 Å². The van der Waals surface area contributed by atoms with Crippen molar-refractivity contribution in [1.29, 1.82) is 0 Å². The van der Waals surface area contributed by atoms with Crippen molar-refractivity contribution in [3.63, 3.8) is 0 Å². The van der Waals surface area contributed by atoms with Crippen molar-refractivity contribution in [3.05, 3.63) is 59.5 Å². The molecule has 1 fully saturated rings. The second-order valence-corrected chi connectivity index (χ2v) is 8.30. The molecular formula is C24H32N2O3. The smallest absolute Gasteiger partial charge is 0.220 e. The minimum atomic E-state index is -0.0921. The lowest BCUT2D eigenvalue weighted by Crippen LogP contribution is -2.36. The van der Waals surface area contributed by atoms with E-state index < -0.39 is 0 Å². The first-order valence-corrected chi connectivity index (χ1v) is 10.7. The standard InChI is InChI=1S/C24H32N2O3/c1-18(2)16-19-7-9-20(10-8-19)22(27)11-12-24(28)25-17-21(23-6-5-15-29-23)26-13-3-4-14-26/h5-10,15,18,21H,3-4,11-14,16-17H2,1-2H3,(H,25,28). The van der Waals surface area contributed by atoms with E-state index in [9.17, 15) is 9.59 Å². The highest BCUT2D eigenvalue weighted by Gasteiger charge is 2.25. The van der Waals surface area contributed by atoms with Crippen molar-refractivity contribution in [3.8, 4) is 0 Å². The summed E-state index contributed by atoms with van der Waals surface area (Å²) >= 11 is 0.